The number of methoxy groups -OCH3 is 1. The Labute approximate surface area is 140 Å². The number of fused-ring (bicyclic) bond motifs is 5. The summed E-state index contributed by atoms with van der Waals surface area (Å²) in [6.45, 7) is 4.25. The van der Waals surface area contributed by atoms with Crippen molar-refractivity contribution in [3.63, 3.8) is 0 Å². The quantitative estimate of drug-likeness (QED) is 0.734. The van der Waals surface area contributed by atoms with Crippen LogP contribution in [-0.4, -0.2) is 12.9 Å². The molecule has 2 nitrogen and oxygen atoms in total. The van der Waals surface area contributed by atoms with Crippen molar-refractivity contribution < 1.29 is 9.53 Å². The zero-order valence-electron chi connectivity index (χ0n) is 14.8. The molecule has 4 aliphatic rings. The van der Waals surface area contributed by atoms with E-state index in [0.717, 1.165) is 29.9 Å². The first-order chi connectivity index (χ1) is 11.0. The third kappa shape index (κ3) is 2.24. The number of Topliss-reactive ketones (excluding diaryl/α,β-unsaturated/α-hetero) is 1. The number of ether oxygens (including phenoxy) is 1. The Hall–Kier alpha value is -1.05. The highest BCUT2D eigenvalue weighted by Gasteiger charge is 2.57. The standard InChI is InChI=1S/C21H30O2/c1-13(22)19-8-9-20-18-6-4-14-12-15(23-3)5-7-16(14)17(18)10-11-21(19,20)2/h5,7,12,14,16-20H,4,6,8-11H2,1-3H3/t14-,16?,17?,18?,19?,20?,21+/m0/s1. The van der Waals surface area contributed by atoms with Gasteiger partial charge in [-0.3, -0.25) is 4.79 Å². The summed E-state index contributed by atoms with van der Waals surface area (Å²) in [5, 5.41) is 0. The topological polar surface area (TPSA) is 26.3 Å². The number of carbonyl (C=O) groups excluding carboxylic acids is 1. The van der Waals surface area contributed by atoms with Gasteiger partial charge in [0.15, 0.2) is 0 Å². The Kier molecular flexibility index (Phi) is 3.70. The fourth-order valence-corrected chi connectivity index (χ4v) is 6.86. The summed E-state index contributed by atoms with van der Waals surface area (Å²) in [6, 6.07) is 0. The summed E-state index contributed by atoms with van der Waals surface area (Å²) >= 11 is 0. The lowest BCUT2D eigenvalue weighted by atomic mass is 9.51. The fraction of sp³-hybridized carbons (Fsp3) is 0.762. The zero-order valence-corrected chi connectivity index (χ0v) is 14.8. The first-order valence-electron chi connectivity index (χ1n) is 9.49. The van der Waals surface area contributed by atoms with Crippen molar-refractivity contribution in [2.24, 2.45) is 40.9 Å². The largest absolute Gasteiger partial charge is 0.497 e. The normalized spacial score (nSPS) is 48.0. The van der Waals surface area contributed by atoms with E-state index in [4.69, 9.17) is 4.74 Å². The molecule has 4 rings (SSSR count). The molecule has 0 aromatic heterocycles. The molecule has 0 aliphatic heterocycles. The van der Waals surface area contributed by atoms with E-state index in [1.54, 1.807) is 7.11 Å². The maximum Gasteiger partial charge on any atom is 0.133 e. The number of hydrogen-bond donors (Lipinski definition) is 0. The second-order valence-electron chi connectivity index (χ2n) is 8.67. The van der Waals surface area contributed by atoms with Gasteiger partial charge in [0.05, 0.1) is 7.11 Å². The molecule has 2 heteroatoms. The minimum atomic E-state index is 0.283. The van der Waals surface area contributed by atoms with Crippen molar-refractivity contribution >= 4 is 5.78 Å². The van der Waals surface area contributed by atoms with Crippen molar-refractivity contribution in [3.8, 4) is 0 Å². The van der Waals surface area contributed by atoms with E-state index in [2.05, 4.69) is 25.2 Å². The number of rotatable bonds is 2. The van der Waals surface area contributed by atoms with Gasteiger partial charge in [0.1, 0.15) is 11.5 Å². The van der Waals surface area contributed by atoms with Gasteiger partial charge in [-0.25, -0.2) is 0 Å². The molecular formula is C21H30O2. The van der Waals surface area contributed by atoms with Crippen LogP contribution in [-0.2, 0) is 9.53 Å². The smallest absolute Gasteiger partial charge is 0.133 e. The summed E-state index contributed by atoms with van der Waals surface area (Å²) < 4.78 is 5.44. The van der Waals surface area contributed by atoms with Gasteiger partial charge in [0.25, 0.3) is 0 Å². The Morgan fingerprint density at radius 1 is 1.17 bits per heavy atom. The first-order valence-corrected chi connectivity index (χ1v) is 9.49. The average Bonchev–Trinajstić information content (AvgIpc) is 2.91. The molecule has 0 amide bonds. The SMILES string of the molecule is COC1=C[C@@H]2CCC3C(CC[C@]4(C)C(C(C)=O)CCC34)C2C=C1. The van der Waals surface area contributed by atoms with Crippen LogP contribution in [0.1, 0.15) is 52.4 Å². The van der Waals surface area contributed by atoms with Crippen LogP contribution in [0.4, 0.5) is 0 Å². The number of ketones is 1. The molecule has 7 atom stereocenters. The van der Waals surface area contributed by atoms with E-state index in [-0.39, 0.29) is 5.41 Å². The predicted octanol–water partition coefficient (Wildman–Crippen LogP) is 4.76. The molecule has 4 aliphatic carbocycles. The lowest BCUT2D eigenvalue weighted by molar-refractivity contribution is -0.127. The Bertz CT molecular complexity index is 560. The summed E-state index contributed by atoms with van der Waals surface area (Å²) in [5.41, 5.74) is 0.283. The third-order valence-corrected chi connectivity index (χ3v) is 7.90. The highest BCUT2D eigenvalue weighted by Crippen LogP contribution is 2.63. The molecule has 0 aromatic rings. The van der Waals surface area contributed by atoms with Gasteiger partial charge in [-0.05, 0) is 92.6 Å². The molecule has 3 saturated carbocycles. The van der Waals surface area contributed by atoms with Gasteiger partial charge in [-0.2, -0.15) is 0 Å². The fourth-order valence-electron chi connectivity index (χ4n) is 6.86. The van der Waals surface area contributed by atoms with Crippen molar-refractivity contribution in [1.29, 1.82) is 0 Å². The van der Waals surface area contributed by atoms with Gasteiger partial charge in [-0.15, -0.1) is 0 Å². The Morgan fingerprint density at radius 2 is 2.00 bits per heavy atom. The third-order valence-electron chi connectivity index (χ3n) is 7.90. The van der Waals surface area contributed by atoms with Crippen LogP contribution in [0, 0.1) is 40.9 Å². The predicted molar refractivity (Wildman–Crippen MR) is 91.7 cm³/mol. The van der Waals surface area contributed by atoms with Gasteiger partial charge < -0.3 is 4.74 Å². The lowest BCUT2D eigenvalue weighted by Gasteiger charge is -2.54. The molecular weight excluding hydrogens is 284 g/mol. The van der Waals surface area contributed by atoms with Gasteiger partial charge in [-0.1, -0.05) is 13.0 Å². The van der Waals surface area contributed by atoms with Crippen molar-refractivity contribution in [2.75, 3.05) is 7.11 Å². The molecule has 0 heterocycles. The average molecular weight is 314 g/mol. The molecule has 23 heavy (non-hydrogen) atoms. The summed E-state index contributed by atoms with van der Waals surface area (Å²) in [7, 11) is 1.77. The van der Waals surface area contributed by atoms with Crippen molar-refractivity contribution in [1.82, 2.24) is 0 Å². The summed E-state index contributed by atoms with van der Waals surface area (Å²) in [4.78, 5) is 12.1. The van der Waals surface area contributed by atoms with E-state index in [9.17, 15) is 4.79 Å². The van der Waals surface area contributed by atoms with E-state index < -0.39 is 0 Å². The van der Waals surface area contributed by atoms with Gasteiger partial charge in [0, 0.05) is 5.92 Å². The monoisotopic (exact) mass is 314 g/mol. The molecule has 0 N–H and O–H groups in total. The van der Waals surface area contributed by atoms with Crippen LogP contribution >= 0.6 is 0 Å². The van der Waals surface area contributed by atoms with Gasteiger partial charge >= 0.3 is 0 Å². The van der Waals surface area contributed by atoms with E-state index in [1.165, 1.54) is 32.1 Å². The lowest BCUT2D eigenvalue weighted by Crippen LogP contribution is -2.47. The van der Waals surface area contributed by atoms with Crippen molar-refractivity contribution in [3.05, 3.63) is 24.0 Å². The summed E-state index contributed by atoms with van der Waals surface area (Å²) in [6.07, 6.45) is 14.6. The Balaban J connectivity index is 1.58. The highest BCUT2D eigenvalue weighted by atomic mass is 16.5. The molecule has 0 spiro atoms. The molecule has 0 radical (unpaired) electrons. The first kappa shape index (κ1) is 15.5. The maximum atomic E-state index is 12.1. The number of hydrogen-bond acceptors (Lipinski definition) is 2. The molecule has 5 unspecified atom stereocenters. The van der Waals surface area contributed by atoms with Crippen LogP contribution in [0.3, 0.4) is 0 Å². The van der Waals surface area contributed by atoms with Crippen LogP contribution in [0.15, 0.2) is 24.0 Å². The Morgan fingerprint density at radius 3 is 2.74 bits per heavy atom. The number of allylic oxidation sites excluding steroid dienone is 3. The second-order valence-corrected chi connectivity index (χ2v) is 8.67. The highest BCUT2D eigenvalue weighted by molar-refractivity contribution is 5.79. The molecule has 0 bridgehead atoms. The zero-order chi connectivity index (χ0) is 16.2. The molecule has 3 fully saturated rings. The molecule has 0 aromatic carbocycles. The minimum Gasteiger partial charge on any atom is -0.497 e. The van der Waals surface area contributed by atoms with E-state index in [1.807, 2.05) is 6.92 Å². The van der Waals surface area contributed by atoms with Crippen molar-refractivity contribution in [2.45, 2.75) is 52.4 Å². The minimum absolute atomic E-state index is 0.283. The van der Waals surface area contributed by atoms with Crippen LogP contribution in [0.25, 0.3) is 0 Å². The molecule has 0 saturated heterocycles. The maximum absolute atomic E-state index is 12.1. The van der Waals surface area contributed by atoms with Crippen LogP contribution in [0.2, 0.25) is 0 Å². The van der Waals surface area contributed by atoms with Crippen LogP contribution in [0.5, 0.6) is 0 Å². The summed E-state index contributed by atoms with van der Waals surface area (Å²) in [5.74, 6) is 5.62. The van der Waals surface area contributed by atoms with Gasteiger partial charge in [0.2, 0.25) is 0 Å². The van der Waals surface area contributed by atoms with Crippen LogP contribution < -0.4 is 0 Å². The molecule has 126 valence electrons. The number of carbonyl (C=O) groups is 1. The second kappa shape index (κ2) is 5.50. The van der Waals surface area contributed by atoms with E-state index >= 15 is 0 Å². The van der Waals surface area contributed by atoms with E-state index in [0.29, 0.717) is 23.5 Å².